The lowest BCUT2D eigenvalue weighted by atomic mass is 10.0. The minimum absolute atomic E-state index is 0.147. The average Bonchev–Trinajstić information content (AvgIpc) is 2.77. The number of hydrogen-bond acceptors (Lipinski definition) is 7. The van der Waals surface area contributed by atoms with Crippen LogP contribution < -0.4 is 9.47 Å². The number of carbonyl (C=O) groups excluding carboxylic acids is 2. The molecule has 0 spiro atoms. The molecule has 0 N–H and O–H groups in total. The number of esters is 1. The largest absolute Gasteiger partial charge is 0.497 e. The Labute approximate surface area is 174 Å². The Hall–Kier alpha value is -3.45. The molecular weight excluding hydrogens is 386 g/mol. The van der Waals surface area contributed by atoms with E-state index < -0.39 is 18.4 Å². The van der Waals surface area contributed by atoms with E-state index >= 15 is 0 Å². The van der Waals surface area contributed by atoms with Crippen molar-refractivity contribution in [2.24, 2.45) is 0 Å². The van der Waals surface area contributed by atoms with Gasteiger partial charge in [-0.2, -0.15) is 0 Å². The van der Waals surface area contributed by atoms with Crippen molar-refractivity contribution < 1.29 is 28.5 Å². The first-order valence-corrected chi connectivity index (χ1v) is 9.29. The highest BCUT2D eigenvalue weighted by atomic mass is 16.5. The van der Waals surface area contributed by atoms with Crippen molar-refractivity contribution in [1.82, 2.24) is 4.98 Å². The van der Waals surface area contributed by atoms with Crippen LogP contribution in [0.1, 0.15) is 32.0 Å². The zero-order valence-electron chi connectivity index (χ0n) is 17.4. The van der Waals surface area contributed by atoms with Crippen LogP contribution in [-0.4, -0.2) is 44.7 Å². The molecule has 0 bridgehead atoms. The van der Waals surface area contributed by atoms with Crippen LogP contribution in [0.3, 0.4) is 0 Å². The molecule has 0 saturated heterocycles. The topological polar surface area (TPSA) is 84.0 Å². The predicted octanol–water partition coefficient (Wildman–Crippen LogP) is 3.75. The van der Waals surface area contributed by atoms with Crippen LogP contribution in [0.5, 0.6) is 11.5 Å². The van der Waals surface area contributed by atoms with Crippen LogP contribution in [0, 0.1) is 6.92 Å². The lowest BCUT2D eigenvalue weighted by Gasteiger charge is -2.14. The Morgan fingerprint density at radius 2 is 1.77 bits per heavy atom. The Kier molecular flexibility index (Phi) is 6.64. The molecule has 0 unspecified atom stereocenters. The molecule has 2 aromatic carbocycles. The van der Waals surface area contributed by atoms with Crippen LogP contribution >= 0.6 is 0 Å². The fourth-order valence-corrected chi connectivity index (χ4v) is 3.27. The number of carbonyl (C=O) groups is 2. The quantitative estimate of drug-likeness (QED) is 0.414. The third-order valence-electron chi connectivity index (χ3n) is 4.75. The predicted molar refractivity (Wildman–Crippen MR) is 111 cm³/mol. The maximum Gasteiger partial charge on any atom is 0.340 e. The third-order valence-corrected chi connectivity index (χ3v) is 4.75. The molecule has 0 aliphatic rings. The summed E-state index contributed by atoms with van der Waals surface area (Å²) in [5, 5.41) is 0.838. The highest BCUT2D eigenvalue weighted by molar-refractivity contribution is 6.03. The summed E-state index contributed by atoms with van der Waals surface area (Å²) in [5.41, 5.74) is 2.53. The van der Waals surface area contributed by atoms with Gasteiger partial charge in [0.1, 0.15) is 11.5 Å². The monoisotopic (exact) mass is 409 g/mol. The number of rotatable bonds is 8. The van der Waals surface area contributed by atoms with E-state index in [2.05, 4.69) is 4.98 Å². The van der Waals surface area contributed by atoms with Gasteiger partial charge in [-0.15, -0.1) is 0 Å². The molecule has 3 aromatic rings. The number of ether oxygens (including phenoxy) is 4. The number of Topliss-reactive ketones (excluding diaryl/α,β-unsaturated/α-hetero) is 1. The molecule has 0 saturated carbocycles. The van der Waals surface area contributed by atoms with Crippen molar-refractivity contribution in [2.45, 2.75) is 13.5 Å². The molecule has 7 heteroatoms. The van der Waals surface area contributed by atoms with Crippen LogP contribution in [0.15, 0.2) is 42.5 Å². The number of aryl methyl sites for hydroxylation is 1. The van der Waals surface area contributed by atoms with Crippen molar-refractivity contribution in [3.63, 3.8) is 0 Å². The second-order valence-corrected chi connectivity index (χ2v) is 6.57. The fraction of sp³-hybridized carbons (Fsp3) is 0.261. The summed E-state index contributed by atoms with van der Waals surface area (Å²) >= 11 is 0. The molecule has 1 heterocycles. The second kappa shape index (κ2) is 9.37. The lowest BCUT2D eigenvalue weighted by molar-refractivity contribution is 0.0468. The van der Waals surface area contributed by atoms with Crippen molar-refractivity contribution in [1.29, 1.82) is 0 Å². The molecule has 0 fully saturated rings. The maximum atomic E-state index is 12.9. The minimum Gasteiger partial charge on any atom is -0.497 e. The van der Waals surface area contributed by atoms with E-state index in [-0.39, 0.29) is 12.2 Å². The lowest BCUT2D eigenvalue weighted by Crippen LogP contribution is -2.18. The first-order valence-electron chi connectivity index (χ1n) is 9.29. The van der Waals surface area contributed by atoms with E-state index in [1.165, 1.54) is 21.3 Å². The molecule has 7 nitrogen and oxygen atoms in total. The molecule has 0 aliphatic carbocycles. The van der Waals surface area contributed by atoms with Gasteiger partial charge in [0.2, 0.25) is 5.78 Å². The van der Waals surface area contributed by atoms with Crippen molar-refractivity contribution in [3.05, 3.63) is 64.8 Å². The summed E-state index contributed by atoms with van der Waals surface area (Å²) in [6.07, 6.45) is 0. The molecule has 0 amide bonds. The smallest absolute Gasteiger partial charge is 0.340 e. The number of aromatic nitrogens is 1. The van der Waals surface area contributed by atoms with Crippen LogP contribution in [-0.2, 0) is 16.1 Å². The number of methoxy groups -OCH3 is 3. The Morgan fingerprint density at radius 1 is 1.00 bits per heavy atom. The van der Waals surface area contributed by atoms with Crippen LogP contribution in [0.25, 0.3) is 10.9 Å². The SMILES string of the molecule is COCc1nc2ccccc2c(C)c1C(=O)OCC(=O)c1cc(OC)ccc1OC. The van der Waals surface area contributed by atoms with E-state index in [1.54, 1.807) is 18.2 Å². The summed E-state index contributed by atoms with van der Waals surface area (Å²) in [6, 6.07) is 12.4. The molecule has 3 rings (SSSR count). The summed E-state index contributed by atoms with van der Waals surface area (Å²) in [7, 11) is 4.49. The number of fused-ring (bicyclic) bond motifs is 1. The number of pyridine rings is 1. The first kappa shape index (κ1) is 21.3. The summed E-state index contributed by atoms with van der Waals surface area (Å²) in [4.78, 5) is 30.1. The molecule has 30 heavy (non-hydrogen) atoms. The highest BCUT2D eigenvalue weighted by Crippen LogP contribution is 2.26. The van der Waals surface area contributed by atoms with Crippen LogP contribution in [0.2, 0.25) is 0 Å². The van der Waals surface area contributed by atoms with Crippen molar-refractivity contribution in [3.8, 4) is 11.5 Å². The second-order valence-electron chi connectivity index (χ2n) is 6.57. The Bertz CT molecular complexity index is 1090. The van der Waals surface area contributed by atoms with E-state index in [1.807, 2.05) is 31.2 Å². The molecule has 0 aliphatic heterocycles. The van der Waals surface area contributed by atoms with Gasteiger partial charge in [-0.3, -0.25) is 4.79 Å². The van der Waals surface area contributed by atoms with E-state index in [0.717, 1.165) is 16.5 Å². The average molecular weight is 409 g/mol. The molecular formula is C23H23NO6. The van der Waals surface area contributed by atoms with Gasteiger partial charge in [-0.1, -0.05) is 18.2 Å². The number of hydrogen-bond donors (Lipinski definition) is 0. The van der Waals surface area contributed by atoms with E-state index in [4.69, 9.17) is 18.9 Å². The number of nitrogens with zero attached hydrogens (tertiary/aromatic N) is 1. The van der Waals surface area contributed by atoms with E-state index in [9.17, 15) is 9.59 Å². The maximum absolute atomic E-state index is 12.9. The normalized spacial score (nSPS) is 10.7. The van der Waals surface area contributed by atoms with Gasteiger partial charge in [0.25, 0.3) is 0 Å². The van der Waals surface area contributed by atoms with Gasteiger partial charge in [0.05, 0.1) is 43.2 Å². The number of benzene rings is 2. The van der Waals surface area contributed by atoms with E-state index in [0.29, 0.717) is 22.8 Å². The van der Waals surface area contributed by atoms with Gasteiger partial charge in [0.15, 0.2) is 6.61 Å². The van der Waals surface area contributed by atoms with Gasteiger partial charge >= 0.3 is 5.97 Å². The van der Waals surface area contributed by atoms with Crippen LogP contribution in [0.4, 0.5) is 0 Å². The first-order chi connectivity index (χ1) is 14.5. The number of para-hydroxylation sites is 1. The third kappa shape index (κ3) is 4.26. The van der Waals surface area contributed by atoms with Gasteiger partial charge < -0.3 is 18.9 Å². The van der Waals surface area contributed by atoms with Crippen molar-refractivity contribution in [2.75, 3.05) is 27.9 Å². The summed E-state index contributed by atoms with van der Waals surface area (Å²) in [6.45, 7) is 1.53. The van der Waals surface area contributed by atoms with Gasteiger partial charge in [-0.05, 0) is 36.8 Å². The highest BCUT2D eigenvalue weighted by Gasteiger charge is 2.22. The standard InChI is InChI=1S/C23H23NO6/c1-14-16-7-5-6-8-18(16)24-19(12-27-2)22(14)23(26)30-13-20(25)17-11-15(28-3)9-10-21(17)29-4/h5-11H,12-13H2,1-4H3. The summed E-state index contributed by atoms with van der Waals surface area (Å²) < 4.78 is 21.0. The molecule has 0 atom stereocenters. The fourth-order valence-electron chi connectivity index (χ4n) is 3.27. The zero-order valence-corrected chi connectivity index (χ0v) is 17.4. The summed E-state index contributed by atoms with van der Waals surface area (Å²) in [5.74, 6) is -0.158. The zero-order chi connectivity index (χ0) is 21.7. The number of ketones is 1. The van der Waals surface area contributed by atoms with Crippen molar-refractivity contribution >= 4 is 22.7 Å². The minimum atomic E-state index is -0.631. The van der Waals surface area contributed by atoms with Gasteiger partial charge in [-0.25, -0.2) is 9.78 Å². The Balaban J connectivity index is 1.88. The molecule has 0 radical (unpaired) electrons. The Morgan fingerprint density at radius 3 is 2.47 bits per heavy atom. The molecule has 1 aromatic heterocycles. The molecule has 156 valence electrons. The van der Waals surface area contributed by atoms with Gasteiger partial charge in [0, 0.05) is 12.5 Å².